The molecule has 0 amide bonds. The summed E-state index contributed by atoms with van der Waals surface area (Å²) in [5.41, 5.74) is 6.06. The van der Waals surface area contributed by atoms with Crippen LogP contribution in [-0.4, -0.2) is 36.2 Å². The van der Waals surface area contributed by atoms with E-state index < -0.39 is 5.97 Å². The van der Waals surface area contributed by atoms with E-state index in [2.05, 4.69) is 14.7 Å². The van der Waals surface area contributed by atoms with Gasteiger partial charge in [-0.05, 0) is 24.4 Å². The third-order valence-electron chi connectivity index (χ3n) is 3.59. The van der Waals surface area contributed by atoms with Gasteiger partial charge in [0.2, 0.25) is 5.28 Å². The number of methoxy groups -OCH3 is 1. The van der Waals surface area contributed by atoms with Gasteiger partial charge in [0.25, 0.3) is 0 Å². The van der Waals surface area contributed by atoms with Crippen LogP contribution in [0.5, 0.6) is 0 Å². The smallest absolute Gasteiger partial charge is 0.359 e. The van der Waals surface area contributed by atoms with Crippen LogP contribution in [0, 0.1) is 0 Å². The van der Waals surface area contributed by atoms with Crippen molar-refractivity contribution in [3.63, 3.8) is 0 Å². The maximum Gasteiger partial charge on any atom is 0.359 e. The van der Waals surface area contributed by atoms with Gasteiger partial charge in [0, 0.05) is 0 Å². The lowest BCUT2D eigenvalue weighted by molar-refractivity contribution is 0.0594. The highest BCUT2D eigenvalue weighted by atomic mass is 35.5. The fourth-order valence-corrected chi connectivity index (χ4v) is 2.74. The standard InChI is InChI=1S/C13H19ClN4O3/c1-20-12(19)10-9(15)11(17-13(14)16-10)18(21-2)8-6-4-3-5-7-8/h8H,3-7,15H2,1-2H3. The first-order valence-electron chi connectivity index (χ1n) is 6.83. The number of nitrogens with two attached hydrogens (primary N) is 1. The second-order valence-corrected chi connectivity index (χ2v) is 5.21. The number of aromatic nitrogens is 2. The minimum atomic E-state index is -0.655. The SMILES string of the molecule is COC(=O)c1nc(Cl)nc(N(OC)C2CCCCC2)c1N. The summed E-state index contributed by atoms with van der Waals surface area (Å²) in [6.07, 6.45) is 5.40. The van der Waals surface area contributed by atoms with Gasteiger partial charge in [-0.2, -0.15) is 4.98 Å². The molecular weight excluding hydrogens is 296 g/mol. The predicted molar refractivity (Wildman–Crippen MR) is 79.2 cm³/mol. The number of ether oxygens (including phenoxy) is 1. The summed E-state index contributed by atoms with van der Waals surface area (Å²) in [7, 11) is 2.80. The summed E-state index contributed by atoms with van der Waals surface area (Å²) in [6.45, 7) is 0. The van der Waals surface area contributed by atoms with E-state index in [0.717, 1.165) is 25.7 Å². The van der Waals surface area contributed by atoms with Gasteiger partial charge in [-0.25, -0.2) is 14.8 Å². The topological polar surface area (TPSA) is 90.6 Å². The first-order valence-corrected chi connectivity index (χ1v) is 7.21. The van der Waals surface area contributed by atoms with Crippen molar-refractivity contribution in [1.29, 1.82) is 0 Å². The number of halogens is 1. The summed E-state index contributed by atoms with van der Waals surface area (Å²) in [4.78, 5) is 25.1. The van der Waals surface area contributed by atoms with Crippen LogP contribution in [0.25, 0.3) is 0 Å². The van der Waals surface area contributed by atoms with Crippen LogP contribution in [0.15, 0.2) is 0 Å². The van der Waals surface area contributed by atoms with Crippen molar-refractivity contribution in [3.8, 4) is 0 Å². The van der Waals surface area contributed by atoms with E-state index in [-0.39, 0.29) is 22.7 Å². The Morgan fingerprint density at radius 3 is 2.52 bits per heavy atom. The summed E-state index contributed by atoms with van der Waals surface area (Å²) in [6, 6.07) is 0.155. The van der Waals surface area contributed by atoms with E-state index >= 15 is 0 Å². The van der Waals surface area contributed by atoms with E-state index in [1.54, 1.807) is 12.2 Å². The summed E-state index contributed by atoms with van der Waals surface area (Å²) in [5, 5.41) is 1.55. The van der Waals surface area contributed by atoms with Crippen LogP contribution in [0.2, 0.25) is 5.28 Å². The number of anilines is 2. The molecule has 1 aliphatic carbocycles. The van der Waals surface area contributed by atoms with Crippen molar-refractivity contribution in [1.82, 2.24) is 9.97 Å². The van der Waals surface area contributed by atoms with E-state index in [4.69, 9.17) is 22.2 Å². The van der Waals surface area contributed by atoms with Crippen molar-refractivity contribution < 1.29 is 14.4 Å². The Kier molecular flexibility index (Phi) is 5.19. The lowest BCUT2D eigenvalue weighted by Gasteiger charge is -2.33. The number of rotatable bonds is 4. The van der Waals surface area contributed by atoms with Crippen molar-refractivity contribution >= 4 is 29.1 Å². The molecule has 2 rings (SSSR count). The molecule has 1 aromatic heterocycles. The average Bonchev–Trinajstić information content (AvgIpc) is 2.51. The zero-order valence-electron chi connectivity index (χ0n) is 12.1. The molecule has 1 aliphatic rings. The lowest BCUT2D eigenvalue weighted by Crippen LogP contribution is -2.37. The molecule has 0 saturated heterocycles. The highest BCUT2D eigenvalue weighted by Crippen LogP contribution is 2.31. The Morgan fingerprint density at radius 1 is 1.29 bits per heavy atom. The van der Waals surface area contributed by atoms with Gasteiger partial charge in [-0.1, -0.05) is 19.3 Å². The molecule has 1 aromatic rings. The maximum absolute atomic E-state index is 11.7. The zero-order chi connectivity index (χ0) is 15.4. The molecule has 0 bridgehead atoms. The van der Waals surface area contributed by atoms with Crippen molar-refractivity contribution in [2.45, 2.75) is 38.1 Å². The molecule has 0 aromatic carbocycles. The van der Waals surface area contributed by atoms with Crippen LogP contribution in [-0.2, 0) is 9.57 Å². The van der Waals surface area contributed by atoms with E-state index in [9.17, 15) is 4.79 Å². The molecule has 2 N–H and O–H groups in total. The number of carbonyl (C=O) groups is 1. The number of carbonyl (C=O) groups excluding carboxylic acids is 1. The molecular formula is C13H19ClN4O3. The fourth-order valence-electron chi connectivity index (χ4n) is 2.58. The number of hydroxylamine groups is 1. The van der Waals surface area contributed by atoms with Crippen LogP contribution in [0.1, 0.15) is 42.6 Å². The number of hydrogen-bond donors (Lipinski definition) is 1. The van der Waals surface area contributed by atoms with Gasteiger partial charge in [0.1, 0.15) is 5.69 Å². The minimum Gasteiger partial charge on any atom is -0.464 e. The van der Waals surface area contributed by atoms with Gasteiger partial charge < -0.3 is 10.5 Å². The van der Waals surface area contributed by atoms with Crippen molar-refractivity contribution in [2.75, 3.05) is 25.0 Å². The van der Waals surface area contributed by atoms with Crippen LogP contribution >= 0.6 is 11.6 Å². The molecule has 21 heavy (non-hydrogen) atoms. The Bertz CT molecular complexity index is 520. The van der Waals surface area contributed by atoms with E-state index in [1.165, 1.54) is 13.5 Å². The maximum atomic E-state index is 11.7. The summed E-state index contributed by atoms with van der Waals surface area (Å²) >= 11 is 5.90. The van der Waals surface area contributed by atoms with E-state index in [1.807, 2.05) is 0 Å². The number of hydrogen-bond acceptors (Lipinski definition) is 7. The molecule has 0 radical (unpaired) electrons. The van der Waals surface area contributed by atoms with Gasteiger partial charge in [-0.15, -0.1) is 0 Å². The molecule has 1 heterocycles. The van der Waals surface area contributed by atoms with Gasteiger partial charge in [0.05, 0.1) is 20.3 Å². The highest BCUT2D eigenvalue weighted by molar-refractivity contribution is 6.28. The minimum absolute atomic E-state index is 0.0506. The fraction of sp³-hybridized carbons (Fsp3) is 0.615. The van der Waals surface area contributed by atoms with Gasteiger partial charge in [-0.3, -0.25) is 4.84 Å². The Morgan fingerprint density at radius 2 is 1.95 bits per heavy atom. The van der Waals surface area contributed by atoms with Crippen LogP contribution in [0.4, 0.5) is 11.5 Å². The molecule has 8 heteroatoms. The highest BCUT2D eigenvalue weighted by Gasteiger charge is 2.28. The average molecular weight is 315 g/mol. The third kappa shape index (κ3) is 3.36. The first kappa shape index (κ1) is 15.8. The molecule has 7 nitrogen and oxygen atoms in total. The van der Waals surface area contributed by atoms with Crippen molar-refractivity contribution in [3.05, 3.63) is 11.0 Å². The molecule has 0 spiro atoms. The van der Waals surface area contributed by atoms with Gasteiger partial charge >= 0.3 is 5.97 Å². The third-order valence-corrected chi connectivity index (χ3v) is 3.76. The predicted octanol–water partition coefficient (Wildman–Crippen LogP) is 2.20. The van der Waals surface area contributed by atoms with Crippen LogP contribution in [0.3, 0.4) is 0 Å². The summed E-state index contributed by atoms with van der Waals surface area (Å²) in [5.74, 6) is -0.345. The molecule has 0 atom stereocenters. The first-order chi connectivity index (χ1) is 10.1. The monoisotopic (exact) mass is 314 g/mol. The summed E-state index contributed by atoms with van der Waals surface area (Å²) < 4.78 is 4.66. The largest absolute Gasteiger partial charge is 0.464 e. The van der Waals surface area contributed by atoms with Crippen molar-refractivity contribution in [2.24, 2.45) is 0 Å². The Labute approximate surface area is 128 Å². The molecule has 1 fully saturated rings. The van der Waals surface area contributed by atoms with E-state index in [0.29, 0.717) is 5.82 Å². The number of nitrogen functional groups attached to an aromatic ring is 1. The second kappa shape index (κ2) is 6.91. The molecule has 1 saturated carbocycles. The number of esters is 1. The lowest BCUT2D eigenvalue weighted by atomic mass is 9.95. The molecule has 0 aliphatic heterocycles. The molecule has 0 unspecified atom stereocenters. The Balaban J connectivity index is 2.40. The quantitative estimate of drug-likeness (QED) is 0.517. The number of nitrogens with zero attached hydrogens (tertiary/aromatic N) is 3. The normalized spacial score (nSPS) is 15.8. The molecule has 116 valence electrons. The van der Waals surface area contributed by atoms with Crippen LogP contribution < -0.4 is 10.8 Å². The Hall–Kier alpha value is -1.60. The second-order valence-electron chi connectivity index (χ2n) is 4.87. The van der Waals surface area contributed by atoms with Gasteiger partial charge in [0.15, 0.2) is 11.5 Å². The zero-order valence-corrected chi connectivity index (χ0v) is 12.9.